The zero-order chi connectivity index (χ0) is 14.8. The van der Waals surface area contributed by atoms with Gasteiger partial charge in [0.2, 0.25) is 0 Å². The molecule has 1 aromatic carbocycles. The molecule has 0 spiro atoms. The van der Waals surface area contributed by atoms with Gasteiger partial charge in [-0.05, 0) is 30.9 Å². The number of anilines is 1. The Morgan fingerprint density at radius 1 is 1.38 bits per heavy atom. The summed E-state index contributed by atoms with van der Waals surface area (Å²) in [6.45, 7) is 4.45. The predicted octanol–water partition coefficient (Wildman–Crippen LogP) is 2.42. The van der Waals surface area contributed by atoms with Crippen LogP contribution in [0.4, 0.5) is 5.69 Å². The van der Waals surface area contributed by atoms with Crippen LogP contribution in [0.15, 0.2) is 24.3 Å². The van der Waals surface area contributed by atoms with E-state index in [0.717, 1.165) is 32.4 Å². The number of carbonyl (C=O) groups excluding carboxylic acids is 1. The Morgan fingerprint density at radius 2 is 2.19 bits per heavy atom. The molecule has 1 fully saturated rings. The molecule has 2 aliphatic rings. The lowest BCUT2D eigenvalue weighted by atomic mass is 10.1. The molecule has 21 heavy (non-hydrogen) atoms. The van der Waals surface area contributed by atoms with E-state index in [0.29, 0.717) is 6.54 Å². The third-order valence-corrected chi connectivity index (χ3v) is 4.63. The topological polar surface area (TPSA) is 32.8 Å². The second kappa shape index (κ2) is 6.06. The second-order valence-electron chi connectivity index (χ2n) is 6.04. The lowest BCUT2D eigenvalue weighted by Crippen LogP contribution is -2.47. The van der Waals surface area contributed by atoms with Crippen LogP contribution in [-0.2, 0) is 16.1 Å². The number of ether oxygens (including phenoxy) is 1. The number of nitrogens with zero attached hydrogens (tertiary/aromatic N) is 2. The Kier molecular flexibility index (Phi) is 4.15. The number of rotatable bonds is 2. The third-order valence-electron chi connectivity index (χ3n) is 4.63. The van der Waals surface area contributed by atoms with Crippen LogP contribution in [0, 0.1) is 0 Å². The molecule has 2 unspecified atom stereocenters. The van der Waals surface area contributed by atoms with Gasteiger partial charge in [-0.3, -0.25) is 4.79 Å². The van der Waals surface area contributed by atoms with Gasteiger partial charge < -0.3 is 14.5 Å². The predicted molar refractivity (Wildman–Crippen MR) is 83.3 cm³/mol. The number of para-hydroxylation sites is 1. The smallest absolute Gasteiger partial charge is 0.252 e. The molecule has 0 bridgehead atoms. The van der Waals surface area contributed by atoms with Crippen molar-refractivity contribution >= 4 is 11.6 Å². The maximum absolute atomic E-state index is 12.8. The first-order valence-corrected chi connectivity index (χ1v) is 7.92. The van der Waals surface area contributed by atoms with Gasteiger partial charge in [0.1, 0.15) is 6.10 Å². The summed E-state index contributed by atoms with van der Waals surface area (Å²) in [7, 11) is 2.11. The first-order valence-electron chi connectivity index (χ1n) is 7.92. The van der Waals surface area contributed by atoms with E-state index in [1.54, 1.807) is 0 Å². The van der Waals surface area contributed by atoms with Gasteiger partial charge in [0.05, 0.1) is 0 Å². The highest BCUT2D eigenvalue weighted by Gasteiger charge is 2.34. The zero-order valence-electron chi connectivity index (χ0n) is 12.9. The molecule has 3 rings (SSSR count). The molecular formula is C17H24N2O2. The molecule has 1 aromatic rings. The fourth-order valence-corrected chi connectivity index (χ4v) is 3.41. The number of amides is 1. The van der Waals surface area contributed by atoms with Crippen molar-refractivity contribution in [2.75, 3.05) is 25.1 Å². The summed E-state index contributed by atoms with van der Waals surface area (Å²) in [6.07, 6.45) is 2.60. The summed E-state index contributed by atoms with van der Waals surface area (Å²) in [5, 5.41) is 0. The number of hydrogen-bond acceptors (Lipinski definition) is 3. The van der Waals surface area contributed by atoms with Crippen LogP contribution in [-0.4, -0.2) is 43.2 Å². The molecule has 2 heterocycles. The lowest BCUT2D eigenvalue weighted by molar-refractivity contribution is -0.143. The minimum absolute atomic E-state index is 0.171. The minimum Gasteiger partial charge on any atom is -0.372 e. The highest BCUT2D eigenvalue weighted by Crippen LogP contribution is 2.28. The summed E-state index contributed by atoms with van der Waals surface area (Å²) in [5.41, 5.74) is 2.46. The summed E-state index contributed by atoms with van der Waals surface area (Å²) < 4.78 is 5.61. The van der Waals surface area contributed by atoms with Gasteiger partial charge in [-0.1, -0.05) is 25.1 Å². The molecule has 0 radical (unpaired) electrons. The van der Waals surface area contributed by atoms with Gasteiger partial charge in [0.15, 0.2) is 0 Å². The molecule has 1 saturated heterocycles. The monoisotopic (exact) mass is 288 g/mol. The first-order chi connectivity index (χ1) is 10.2. The van der Waals surface area contributed by atoms with E-state index in [1.807, 2.05) is 11.0 Å². The summed E-state index contributed by atoms with van der Waals surface area (Å²) >= 11 is 0. The molecule has 4 nitrogen and oxygen atoms in total. The Bertz CT molecular complexity index is 511. The second-order valence-corrected chi connectivity index (χ2v) is 6.04. The van der Waals surface area contributed by atoms with Gasteiger partial charge in [-0.25, -0.2) is 0 Å². The van der Waals surface area contributed by atoms with Crippen molar-refractivity contribution in [1.82, 2.24) is 4.90 Å². The molecule has 2 atom stereocenters. The van der Waals surface area contributed by atoms with E-state index in [-0.39, 0.29) is 18.1 Å². The average molecular weight is 288 g/mol. The van der Waals surface area contributed by atoms with E-state index in [2.05, 4.69) is 37.1 Å². The minimum atomic E-state index is -0.227. The quantitative estimate of drug-likeness (QED) is 0.838. The Labute approximate surface area is 126 Å². The van der Waals surface area contributed by atoms with Crippen LogP contribution >= 0.6 is 0 Å². The van der Waals surface area contributed by atoms with E-state index >= 15 is 0 Å². The van der Waals surface area contributed by atoms with Gasteiger partial charge in [-0.15, -0.1) is 0 Å². The van der Waals surface area contributed by atoms with Crippen molar-refractivity contribution in [3.8, 4) is 0 Å². The van der Waals surface area contributed by atoms with Gasteiger partial charge in [0, 0.05) is 38.5 Å². The van der Waals surface area contributed by atoms with Gasteiger partial charge in [-0.2, -0.15) is 0 Å². The highest BCUT2D eigenvalue weighted by molar-refractivity contribution is 5.82. The number of fused-ring (bicyclic) bond motifs is 1. The molecule has 2 aliphatic heterocycles. The Balaban J connectivity index is 1.89. The molecular weight excluding hydrogens is 264 g/mol. The molecule has 0 N–H and O–H groups in total. The summed E-state index contributed by atoms with van der Waals surface area (Å²) in [6, 6.07) is 8.63. The molecule has 0 aliphatic carbocycles. The lowest BCUT2D eigenvalue weighted by Gasteiger charge is -2.32. The summed E-state index contributed by atoms with van der Waals surface area (Å²) in [5.74, 6) is 0.171. The Morgan fingerprint density at radius 3 is 2.90 bits per heavy atom. The van der Waals surface area contributed by atoms with Crippen molar-refractivity contribution in [2.24, 2.45) is 0 Å². The number of benzene rings is 1. The number of hydrogen-bond donors (Lipinski definition) is 0. The molecule has 114 valence electrons. The van der Waals surface area contributed by atoms with Crippen molar-refractivity contribution in [1.29, 1.82) is 0 Å². The van der Waals surface area contributed by atoms with Crippen LogP contribution in [0.5, 0.6) is 0 Å². The van der Waals surface area contributed by atoms with Crippen LogP contribution in [0.2, 0.25) is 0 Å². The highest BCUT2D eigenvalue weighted by atomic mass is 16.5. The van der Waals surface area contributed by atoms with Crippen molar-refractivity contribution in [2.45, 2.75) is 44.9 Å². The largest absolute Gasteiger partial charge is 0.372 e. The number of carbonyl (C=O) groups is 1. The van der Waals surface area contributed by atoms with Gasteiger partial charge in [0.25, 0.3) is 5.91 Å². The van der Waals surface area contributed by atoms with Crippen LogP contribution < -0.4 is 4.90 Å². The fraction of sp³-hybridized carbons (Fsp3) is 0.588. The van der Waals surface area contributed by atoms with E-state index in [1.165, 1.54) is 11.3 Å². The maximum Gasteiger partial charge on any atom is 0.252 e. The standard InChI is InChI=1S/C17H24N2O2/c1-3-14-12-18(2)15-8-5-4-7-13(15)11-19(14)17(20)16-9-6-10-21-16/h4-5,7-8,14,16H,3,6,9-12H2,1-2H3. The van der Waals surface area contributed by atoms with Gasteiger partial charge >= 0.3 is 0 Å². The normalized spacial score (nSPS) is 25.6. The Hall–Kier alpha value is -1.55. The zero-order valence-corrected chi connectivity index (χ0v) is 12.9. The van der Waals surface area contributed by atoms with E-state index in [9.17, 15) is 4.79 Å². The molecule has 0 saturated carbocycles. The van der Waals surface area contributed by atoms with E-state index < -0.39 is 0 Å². The fourth-order valence-electron chi connectivity index (χ4n) is 3.41. The van der Waals surface area contributed by atoms with Crippen LogP contribution in [0.1, 0.15) is 31.7 Å². The van der Waals surface area contributed by atoms with Crippen molar-refractivity contribution in [3.05, 3.63) is 29.8 Å². The first kappa shape index (κ1) is 14.4. The van der Waals surface area contributed by atoms with Crippen LogP contribution in [0.3, 0.4) is 0 Å². The van der Waals surface area contributed by atoms with E-state index in [4.69, 9.17) is 4.74 Å². The van der Waals surface area contributed by atoms with Crippen molar-refractivity contribution < 1.29 is 9.53 Å². The molecule has 0 aromatic heterocycles. The summed E-state index contributed by atoms with van der Waals surface area (Å²) in [4.78, 5) is 17.1. The number of likely N-dealkylation sites (N-methyl/N-ethyl adjacent to an activating group) is 1. The third kappa shape index (κ3) is 2.77. The molecule has 1 amide bonds. The van der Waals surface area contributed by atoms with Crippen LogP contribution in [0.25, 0.3) is 0 Å². The SMILES string of the molecule is CCC1CN(C)c2ccccc2CN1C(=O)C1CCCO1. The average Bonchev–Trinajstić information content (AvgIpc) is 3.00. The van der Waals surface area contributed by atoms with Crippen molar-refractivity contribution in [3.63, 3.8) is 0 Å². The molecule has 4 heteroatoms. The maximum atomic E-state index is 12.8.